The highest BCUT2D eigenvalue weighted by Gasteiger charge is 2.09. The Hall–Kier alpha value is -1.27. The van der Waals surface area contributed by atoms with E-state index >= 15 is 0 Å². The lowest BCUT2D eigenvalue weighted by Crippen LogP contribution is -2.24. The fourth-order valence-electron chi connectivity index (χ4n) is 1.15. The van der Waals surface area contributed by atoms with Gasteiger partial charge >= 0.3 is 0 Å². The molecule has 16 heavy (non-hydrogen) atoms. The van der Waals surface area contributed by atoms with Gasteiger partial charge in [-0.15, -0.1) is 0 Å². The van der Waals surface area contributed by atoms with Crippen LogP contribution in [0.25, 0.3) is 0 Å². The van der Waals surface area contributed by atoms with Crippen LogP contribution >= 0.6 is 0 Å². The predicted molar refractivity (Wildman–Crippen MR) is 64.3 cm³/mol. The number of benzene rings is 1. The summed E-state index contributed by atoms with van der Waals surface area (Å²) in [6, 6.07) is 6.80. The lowest BCUT2D eigenvalue weighted by atomic mass is 10.3. The van der Waals surface area contributed by atoms with Gasteiger partial charge in [-0.25, -0.2) is 8.42 Å². The zero-order chi connectivity index (χ0) is 12.0. The molecule has 0 saturated heterocycles. The molecule has 2 N–H and O–H groups in total. The van der Waals surface area contributed by atoms with E-state index in [-0.39, 0.29) is 5.75 Å². The van der Waals surface area contributed by atoms with Crippen LogP contribution in [0.5, 0.6) is 5.75 Å². The Morgan fingerprint density at radius 1 is 1.38 bits per heavy atom. The van der Waals surface area contributed by atoms with E-state index in [4.69, 9.17) is 4.74 Å². The van der Waals surface area contributed by atoms with Crippen LogP contribution in [0, 0.1) is 0 Å². The number of ether oxygens (including phenoxy) is 1. The maximum absolute atomic E-state index is 11.6. The SMILES string of the molecule is CNCCS(=O)(=O)Nc1cccc(OC)c1. The van der Waals surface area contributed by atoms with Crippen molar-refractivity contribution in [2.24, 2.45) is 0 Å². The minimum atomic E-state index is -3.29. The fourth-order valence-corrected chi connectivity index (χ4v) is 2.21. The molecule has 0 fully saturated rings. The molecule has 6 heteroatoms. The van der Waals surface area contributed by atoms with Gasteiger partial charge in [-0.05, 0) is 19.2 Å². The monoisotopic (exact) mass is 244 g/mol. The van der Waals surface area contributed by atoms with Gasteiger partial charge in [-0.2, -0.15) is 0 Å². The van der Waals surface area contributed by atoms with Gasteiger partial charge in [0.15, 0.2) is 0 Å². The Morgan fingerprint density at radius 3 is 2.75 bits per heavy atom. The smallest absolute Gasteiger partial charge is 0.233 e. The predicted octanol–water partition coefficient (Wildman–Crippen LogP) is 0.656. The third-order valence-corrected chi connectivity index (χ3v) is 3.25. The van der Waals surface area contributed by atoms with Crippen LogP contribution in [0.4, 0.5) is 5.69 Å². The number of methoxy groups -OCH3 is 1. The summed E-state index contributed by atoms with van der Waals surface area (Å²) in [4.78, 5) is 0. The molecule has 0 unspecified atom stereocenters. The fraction of sp³-hybridized carbons (Fsp3) is 0.400. The molecule has 0 saturated carbocycles. The molecule has 0 aliphatic rings. The minimum absolute atomic E-state index is 0.0424. The normalized spacial score (nSPS) is 11.1. The van der Waals surface area contributed by atoms with Crippen molar-refractivity contribution in [1.29, 1.82) is 0 Å². The second-order valence-electron chi connectivity index (χ2n) is 3.26. The molecule has 0 radical (unpaired) electrons. The molecule has 5 nitrogen and oxygen atoms in total. The lowest BCUT2D eigenvalue weighted by Gasteiger charge is -2.08. The Balaban J connectivity index is 2.72. The van der Waals surface area contributed by atoms with Crippen LogP contribution in [0.2, 0.25) is 0 Å². The minimum Gasteiger partial charge on any atom is -0.497 e. The van der Waals surface area contributed by atoms with E-state index in [1.807, 2.05) is 0 Å². The van der Waals surface area contributed by atoms with Crippen molar-refractivity contribution in [3.8, 4) is 5.75 Å². The van der Waals surface area contributed by atoms with E-state index in [0.29, 0.717) is 18.0 Å². The molecule has 0 spiro atoms. The average Bonchev–Trinajstić information content (AvgIpc) is 2.26. The van der Waals surface area contributed by atoms with Gasteiger partial charge < -0.3 is 10.1 Å². The Bertz CT molecular complexity index is 431. The highest BCUT2D eigenvalue weighted by molar-refractivity contribution is 7.92. The van der Waals surface area contributed by atoms with Crippen molar-refractivity contribution in [1.82, 2.24) is 5.32 Å². The number of hydrogen-bond donors (Lipinski definition) is 2. The maximum atomic E-state index is 11.6. The molecule has 0 aromatic heterocycles. The third-order valence-electron chi connectivity index (χ3n) is 1.96. The van der Waals surface area contributed by atoms with E-state index in [1.54, 1.807) is 31.3 Å². The summed E-state index contributed by atoms with van der Waals surface area (Å²) in [5.41, 5.74) is 0.510. The first-order valence-electron chi connectivity index (χ1n) is 4.86. The zero-order valence-corrected chi connectivity index (χ0v) is 10.2. The van der Waals surface area contributed by atoms with Crippen LogP contribution in [0.1, 0.15) is 0 Å². The van der Waals surface area contributed by atoms with Crippen molar-refractivity contribution in [3.63, 3.8) is 0 Å². The molecular formula is C10H16N2O3S. The number of anilines is 1. The van der Waals surface area contributed by atoms with Crippen LogP contribution in [-0.4, -0.2) is 34.9 Å². The van der Waals surface area contributed by atoms with Crippen LogP contribution < -0.4 is 14.8 Å². The zero-order valence-electron chi connectivity index (χ0n) is 9.36. The van der Waals surface area contributed by atoms with Crippen molar-refractivity contribution in [2.75, 3.05) is 31.2 Å². The number of rotatable bonds is 6. The number of sulfonamides is 1. The number of nitrogens with one attached hydrogen (secondary N) is 2. The van der Waals surface area contributed by atoms with Gasteiger partial charge in [-0.1, -0.05) is 6.07 Å². The molecule has 0 bridgehead atoms. The highest BCUT2D eigenvalue weighted by atomic mass is 32.2. The van der Waals surface area contributed by atoms with E-state index in [2.05, 4.69) is 10.0 Å². The Kier molecular flexibility index (Phi) is 4.57. The summed E-state index contributed by atoms with van der Waals surface area (Å²) in [5, 5.41) is 2.79. The first-order valence-corrected chi connectivity index (χ1v) is 6.52. The van der Waals surface area contributed by atoms with Gasteiger partial charge in [0.05, 0.1) is 18.6 Å². The van der Waals surface area contributed by atoms with E-state index in [1.165, 1.54) is 7.11 Å². The van der Waals surface area contributed by atoms with E-state index in [9.17, 15) is 8.42 Å². The van der Waals surface area contributed by atoms with Crippen LogP contribution in [0.15, 0.2) is 24.3 Å². The number of hydrogen-bond acceptors (Lipinski definition) is 4. The van der Waals surface area contributed by atoms with Crippen molar-refractivity contribution >= 4 is 15.7 Å². The highest BCUT2D eigenvalue weighted by Crippen LogP contribution is 2.17. The average molecular weight is 244 g/mol. The topological polar surface area (TPSA) is 67.4 Å². The van der Waals surface area contributed by atoms with Gasteiger partial charge in [-0.3, -0.25) is 4.72 Å². The second kappa shape index (κ2) is 5.72. The maximum Gasteiger partial charge on any atom is 0.233 e. The molecule has 1 rings (SSSR count). The lowest BCUT2D eigenvalue weighted by molar-refractivity contribution is 0.415. The largest absolute Gasteiger partial charge is 0.497 e. The molecule has 1 aromatic carbocycles. The third kappa shape index (κ3) is 4.08. The summed E-state index contributed by atoms with van der Waals surface area (Å²) in [6.45, 7) is 0.416. The van der Waals surface area contributed by atoms with Crippen molar-refractivity contribution < 1.29 is 13.2 Å². The molecule has 0 atom stereocenters. The molecule has 0 heterocycles. The summed E-state index contributed by atoms with van der Waals surface area (Å²) in [7, 11) is -0.0441. The summed E-state index contributed by atoms with van der Waals surface area (Å²) in [5.74, 6) is 0.662. The van der Waals surface area contributed by atoms with E-state index < -0.39 is 10.0 Å². The standard InChI is InChI=1S/C10H16N2O3S/c1-11-6-7-16(13,14)12-9-4-3-5-10(8-9)15-2/h3-5,8,11-12H,6-7H2,1-2H3. The van der Waals surface area contributed by atoms with Crippen LogP contribution in [0.3, 0.4) is 0 Å². The van der Waals surface area contributed by atoms with Gasteiger partial charge in [0, 0.05) is 12.6 Å². The molecule has 0 amide bonds. The molecular weight excluding hydrogens is 228 g/mol. The summed E-state index contributed by atoms with van der Waals surface area (Å²) >= 11 is 0. The summed E-state index contributed by atoms with van der Waals surface area (Å²) in [6.07, 6.45) is 0. The second-order valence-corrected chi connectivity index (χ2v) is 5.10. The van der Waals surface area contributed by atoms with Crippen molar-refractivity contribution in [2.45, 2.75) is 0 Å². The van der Waals surface area contributed by atoms with Gasteiger partial charge in [0.25, 0.3) is 0 Å². The molecule has 90 valence electrons. The Labute approximate surface area is 95.9 Å². The molecule has 1 aromatic rings. The Morgan fingerprint density at radius 2 is 2.12 bits per heavy atom. The first-order chi connectivity index (χ1) is 7.57. The quantitative estimate of drug-likeness (QED) is 0.771. The first kappa shape index (κ1) is 12.8. The van der Waals surface area contributed by atoms with Crippen molar-refractivity contribution in [3.05, 3.63) is 24.3 Å². The molecule has 0 aliphatic heterocycles. The van der Waals surface area contributed by atoms with Gasteiger partial charge in [0.2, 0.25) is 10.0 Å². The molecule has 0 aliphatic carbocycles. The van der Waals surface area contributed by atoms with Crippen LogP contribution in [-0.2, 0) is 10.0 Å². The summed E-state index contributed by atoms with van der Waals surface area (Å²) < 4.78 is 30.6. The van der Waals surface area contributed by atoms with E-state index in [0.717, 1.165) is 0 Å². The van der Waals surface area contributed by atoms with Gasteiger partial charge in [0.1, 0.15) is 5.75 Å².